The van der Waals surface area contributed by atoms with Crippen LogP contribution in [0.3, 0.4) is 0 Å². The first-order valence-electron chi connectivity index (χ1n) is 4.47. The van der Waals surface area contributed by atoms with Crippen LogP contribution in [0.5, 0.6) is 0 Å². The molecule has 0 aromatic heterocycles. The second-order valence-corrected chi connectivity index (χ2v) is 3.63. The van der Waals surface area contributed by atoms with Gasteiger partial charge in [-0.05, 0) is 12.3 Å². The predicted octanol–water partition coefficient (Wildman–Crippen LogP) is 0.481. The zero-order chi connectivity index (χ0) is 11.2. The molecule has 1 atom stereocenters. The quantitative estimate of drug-likeness (QED) is 0.504. The normalized spacial score (nSPS) is 15.3. The van der Waals surface area contributed by atoms with Gasteiger partial charge in [0, 0.05) is 7.11 Å². The average Bonchev–Trinajstić information content (AvgIpc) is 2.15. The maximum Gasteiger partial charge on any atom is 0.342 e. The van der Waals surface area contributed by atoms with Crippen molar-refractivity contribution >= 4 is 5.97 Å². The summed E-state index contributed by atoms with van der Waals surface area (Å²) in [6.07, 6.45) is 0.462. The Hall–Kier alpha value is -0.650. The highest BCUT2D eigenvalue weighted by molar-refractivity contribution is 5.79. The van der Waals surface area contributed by atoms with Crippen molar-refractivity contribution < 1.29 is 19.1 Å². The van der Waals surface area contributed by atoms with Gasteiger partial charge in [-0.25, -0.2) is 10.7 Å². The Balaban J connectivity index is 4.67. The molecule has 0 rings (SSSR count). The van der Waals surface area contributed by atoms with E-state index in [1.807, 2.05) is 13.8 Å². The second-order valence-electron chi connectivity index (χ2n) is 3.63. The molecule has 0 fully saturated rings. The van der Waals surface area contributed by atoms with E-state index < -0.39 is 11.6 Å². The molecule has 0 heterocycles. The number of hydrogen-bond acceptors (Lipinski definition) is 5. The molecule has 0 saturated carbocycles. The first-order chi connectivity index (χ1) is 6.52. The van der Waals surface area contributed by atoms with Gasteiger partial charge in [-0.3, -0.25) is 4.84 Å². The third kappa shape index (κ3) is 3.25. The van der Waals surface area contributed by atoms with Crippen LogP contribution in [0.25, 0.3) is 0 Å². The fraction of sp³-hybridized carbons (Fsp3) is 0.889. The maximum absolute atomic E-state index is 11.5. The molecule has 0 aliphatic rings. The SMILES string of the molecule is COC[C@](CC(C)C)(ON)C(=O)OC. The van der Waals surface area contributed by atoms with Gasteiger partial charge >= 0.3 is 5.97 Å². The van der Waals surface area contributed by atoms with Crippen molar-refractivity contribution in [3.8, 4) is 0 Å². The number of hydrogen-bond donors (Lipinski definition) is 1. The van der Waals surface area contributed by atoms with Crippen LogP contribution in [0.2, 0.25) is 0 Å². The highest BCUT2D eigenvalue weighted by Crippen LogP contribution is 2.21. The molecule has 0 amide bonds. The summed E-state index contributed by atoms with van der Waals surface area (Å²) < 4.78 is 9.55. The summed E-state index contributed by atoms with van der Waals surface area (Å²) in [5.41, 5.74) is -1.18. The first kappa shape index (κ1) is 13.4. The molecule has 5 nitrogen and oxygen atoms in total. The Morgan fingerprint density at radius 2 is 2.00 bits per heavy atom. The Morgan fingerprint density at radius 3 is 2.29 bits per heavy atom. The van der Waals surface area contributed by atoms with Crippen LogP contribution in [0.1, 0.15) is 20.3 Å². The predicted molar refractivity (Wildman–Crippen MR) is 51.4 cm³/mol. The highest BCUT2D eigenvalue weighted by atomic mass is 16.7. The standard InChI is InChI=1S/C9H19NO4/c1-7(2)5-9(14-10,6-12-3)8(11)13-4/h7H,5-6,10H2,1-4H3/t9-/m0/s1. The van der Waals surface area contributed by atoms with E-state index in [2.05, 4.69) is 4.74 Å². The molecule has 0 bridgehead atoms. The molecule has 0 aliphatic carbocycles. The number of carbonyl (C=O) groups is 1. The number of rotatable bonds is 6. The van der Waals surface area contributed by atoms with E-state index in [4.69, 9.17) is 15.5 Å². The number of carbonyl (C=O) groups excluding carboxylic acids is 1. The summed E-state index contributed by atoms with van der Waals surface area (Å²) in [5.74, 6) is 4.89. The third-order valence-corrected chi connectivity index (χ3v) is 1.90. The van der Waals surface area contributed by atoms with Crippen LogP contribution in [0.15, 0.2) is 0 Å². The number of esters is 1. The van der Waals surface area contributed by atoms with E-state index in [0.29, 0.717) is 6.42 Å². The van der Waals surface area contributed by atoms with Crippen LogP contribution in [0, 0.1) is 5.92 Å². The molecule has 0 aromatic rings. The topological polar surface area (TPSA) is 70.8 Å². The first-order valence-corrected chi connectivity index (χ1v) is 4.47. The van der Waals surface area contributed by atoms with Gasteiger partial charge in [0.1, 0.15) is 0 Å². The third-order valence-electron chi connectivity index (χ3n) is 1.90. The number of nitrogens with two attached hydrogens (primary N) is 1. The van der Waals surface area contributed by atoms with E-state index in [1.165, 1.54) is 14.2 Å². The van der Waals surface area contributed by atoms with E-state index in [-0.39, 0.29) is 12.5 Å². The lowest BCUT2D eigenvalue weighted by atomic mass is 9.93. The van der Waals surface area contributed by atoms with Crippen LogP contribution in [-0.2, 0) is 19.1 Å². The number of methoxy groups -OCH3 is 2. The minimum Gasteiger partial charge on any atom is -0.467 e. The number of ether oxygens (including phenoxy) is 2. The summed E-state index contributed by atoms with van der Waals surface area (Å²) in [6, 6.07) is 0. The average molecular weight is 205 g/mol. The van der Waals surface area contributed by atoms with Gasteiger partial charge in [0.05, 0.1) is 13.7 Å². The van der Waals surface area contributed by atoms with Gasteiger partial charge in [-0.2, -0.15) is 0 Å². The van der Waals surface area contributed by atoms with Gasteiger partial charge in [-0.1, -0.05) is 13.8 Å². The summed E-state index contributed by atoms with van der Waals surface area (Å²) in [5, 5.41) is 0. The van der Waals surface area contributed by atoms with Gasteiger partial charge < -0.3 is 9.47 Å². The van der Waals surface area contributed by atoms with Crippen LogP contribution < -0.4 is 5.90 Å². The molecule has 0 spiro atoms. The summed E-state index contributed by atoms with van der Waals surface area (Å²) >= 11 is 0. The van der Waals surface area contributed by atoms with Crippen LogP contribution in [-0.4, -0.2) is 32.4 Å². The van der Waals surface area contributed by atoms with Gasteiger partial charge in [-0.15, -0.1) is 0 Å². The van der Waals surface area contributed by atoms with E-state index in [9.17, 15) is 4.79 Å². The van der Waals surface area contributed by atoms with Crippen molar-refractivity contribution in [1.82, 2.24) is 0 Å². The second kappa shape index (κ2) is 5.95. The minimum absolute atomic E-state index is 0.0916. The lowest BCUT2D eigenvalue weighted by Crippen LogP contribution is -2.49. The van der Waals surface area contributed by atoms with Gasteiger partial charge in [0.25, 0.3) is 0 Å². The fourth-order valence-electron chi connectivity index (χ4n) is 1.41. The van der Waals surface area contributed by atoms with Crippen molar-refractivity contribution in [3.05, 3.63) is 0 Å². The molecule has 0 radical (unpaired) electrons. The van der Waals surface area contributed by atoms with Crippen molar-refractivity contribution in [2.45, 2.75) is 25.9 Å². The van der Waals surface area contributed by atoms with Gasteiger partial charge in [0.15, 0.2) is 0 Å². The minimum atomic E-state index is -1.18. The molecule has 0 aliphatic heterocycles. The highest BCUT2D eigenvalue weighted by Gasteiger charge is 2.41. The molecule has 0 unspecified atom stereocenters. The molecular weight excluding hydrogens is 186 g/mol. The molecule has 84 valence electrons. The van der Waals surface area contributed by atoms with Crippen molar-refractivity contribution in [2.75, 3.05) is 20.8 Å². The monoisotopic (exact) mass is 205 g/mol. The summed E-state index contributed by atoms with van der Waals surface area (Å²) in [7, 11) is 2.78. The Bertz CT molecular complexity index is 184. The van der Waals surface area contributed by atoms with Crippen LogP contribution in [0.4, 0.5) is 0 Å². The molecule has 0 aromatic carbocycles. The van der Waals surface area contributed by atoms with Crippen molar-refractivity contribution in [2.24, 2.45) is 11.8 Å². The Morgan fingerprint density at radius 1 is 1.43 bits per heavy atom. The molecule has 0 saturated heterocycles. The largest absolute Gasteiger partial charge is 0.467 e. The zero-order valence-corrected chi connectivity index (χ0v) is 9.20. The van der Waals surface area contributed by atoms with Gasteiger partial charge in [0.2, 0.25) is 5.60 Å². The smallest absolute Gasteiger partial charge is 0.342 e. The fourth-order valence-corrected chi connectivity index (χ4v) is 1.41. The lowest BCUT2D eigenvalue weighted by Gasteiger charge is -2.29. The summed E-state index contributed by atoms with van der Waals surface area (Å²) in [6.45, 7) is 4.02. The lowest BCUT2D eigenvalue weighted by molar-refractivity contribution is -0.181. The van der Waals surface area contributed by atoms with E-state index in [0.717, 1.165) is 0 Å². The molecule has 2 N–H and O–H groups in total. The maximum atomic E-state index is 11.5. The Kier molecular flexibility index (Phi) is 5.68. The van der Waals surface area contributed by atoms with Crippen LogP contribution >= 0.6 is 0 Å². The zero-order valence-electron chi connectivity index (χ0n) is 9.20. The van der Waals surface area contributed by atoms with Crippen molar-refractivity contribution in [1.29, 1.82) is 0 Å². The molecule has 14 heavy (non-hydrogen) atoms. The van der Waals surface area contributed by atoms with E-state index >= 15 is 0 Å². The molecule has 5 heteroatoms. The van der Waals surface area contributed by atoms with E-state index in [1.54, 1.807) is 0 Å². The molecular formula is C9H19NO4. The van der Waals surface area contributed by atoms with Crippen molar-refractivity contribution in [3.63, 3.8) is 0 Å². The Labute approximate surface area is 84.5 Å². The summed E-state index contributed by atoms with van der Waals surface area (Å²) in [4.78, 5) is 16.2.